The van der Waals surface area contributed by atoms with Crippen molar-refractivity contribution in [3.8, 4) is 0 Å². The minimum absolute atomic E-state index is 0.0179. The van der Waals surface area contributed by atoms with Crippen LogP contribution >= 0.6 is 11.3 Å². The van der Waals surface area contributed by atoms with Crippen molar-refractivity contribution in [3.63, 3.8) is 0 Å². The molecule has 4 nitrogen and oxygen atoms in total. The third-order valence-electron chi connectivity index (χ3n) is 3.59. The number of carbonyl (C=O) groups excluding carboxylic acids is 2. The molecule has 108 valence electrons. The standard InChI is InChI=1S/C16H16N2O2S/c1-11-4-6-13(7-5-11)17-15(19)12-9-18(10-12)16(20)14-3-2-8-21-14/h2-8,12H,9-10H2,1H3,(H,17,19). The molecule has 1 aromatic heterocycles. The molecule has 0 saturated carbocycles. The average molecular weight is 300 g/mol. The van der Waals surface area contributed by atoms with Gasteiger partial charge in [-0.3, -0.25) is 9.59 Å². The van der Waals surface area contributed by atoms with Gasteiger partial charge in [-0.25, -0.2) is 0 Å². The lowest BCUT2D eigenvalue weighted by atomic mass is 9.98. The van der Waals surface area contributed by atoms with Gasteiger partial charge in [0.15, 0.2) is 0 Å². The summed E-state index contributed by atoms with van der Waals surface area (Å²) in [6.45, 7) is 2.99. The second-order valence-corrected chi connectivity index (χ2v) is 6.19. The van der Waals surface area contributed by atoms with Crippen LogP contribution in [-0.4, -0.2) is 29.8 Å². The molecule has 0 spiro atoms. The molecule has 2 aromatic rings. The fourth-order valence-electron chi connectivity index (χ4n) is 2.25. The van der Waals surface area contributed by atoms with E-state index >= 15 is 0 Å². The number of thiophene rings is 1. The van der Waals surface area contributed by atoms with Crippen molar-refractivity contribution in [3.05, 3.63) is 52.2 Å². The molecule has 0 radical (unpaired) electrons. The smallest absolute Gasteiger partial charge is 0.263 e. The molecule has 0 bridgehead atoms. The van der Waals surface area contributed by atoms with E-state index in [0.29, 0.717) is 13.1 Å². The summed E-state index contributed by atoms with van der Waals surface area (Å²) in [6.07, 6.45) is 0. The third kappa shape index (κ3) is 2.97. The molecule has 0 unspecified atom stereocenters. The largest absolute Gasteiger partial charge is 0.336 e. The fourth-order valence-corrected chi connectivity index (χ4v) is 2.94. The Morgan fingerprint density at radius 2 is 1.90 bits per heavy atom. The Morgan fingerprint density at radius 3 is 2.52 bits per heavy atom. The molecule has 1 saturated heterocycles. The van der Waals surface area contributed by atoms with Crippen molar-refractivity contribution >= 4 is 28.8 Å². The van der Waals surface area contributed by atoms with Crippen LogP contribution in [0.2, 0.25) is 0 Å². The molecule has 3 rings (SSSR count). The van der Waals surface area contributed by atoms with Crippen LogP contribution < -0.4 is 5.32 Å². The number of hydrogen-bond acceptors (Lipinski definition) is 3. The first kappa shape index (κ1) is 13.8. The van der Waals surface area contributed by atoms with Crippen molar-refractivity contribution in [2.24, 2.45) is 5.92 Å². The van der Waals surface area contributed by atoms with E-state index in [1.54, 1.807) is 4.90 Å². The van der Waals surface area contributed by atoms with Crippen LogP contribution in [0.3, 0.4) is 0 Å². The first-order chi connectivity index (χ1) is 10.1. The molecular formula is C16H16N2O2S. The van der Waals surface area contributed by atoms with E-state index in [2.05, 4.69) is 5.32 Å². The van der Waals surface area contributed by atoms with Gasteiger partial charge < -0.3 is 10.2 Å². The van der Waals surface area contributed by atoms with Crippen LogP contribution in [0.25, 0.3) is 0 Å². The Morgan fingerprint density at radius 1 is 1.19 bits per heavy atom. The zero-order chi connectivity index (χ0) is 14.8. The maximum atomic E-state index is 12.1. The van der Waals surface area contributed by atoms with Crippen LogP contribution in [-0.2, 0) is 4.79 Å². The molecule has 2 amide bonds. The number of hydrogen-bond donors (Lipinski definition) is 1. The van der Waals surface area contributed by atoms with Crippen LogP contribution in [0.4, 0.5) is 5.69 Å². The number of nitrogens with one attached hydrogen (secondary N) is 1. The summed E-state index contributed by atoms with van der Waals surface area (Å²) in [5.74, 6) is -0.117. The highest BCUT2D eigenvalue weighted by Gasteiger charge is 2.36. The molecule has 1 aliphatic rings. The summed E-state index contributed by atoms with van der Waals surface area (Å²) in [5.41, 5.74) is 1.96. The number of rotatable bonds is 3. The summed E-state index contributed by atoms with van der Waals surface area (Å²) >= 11 is 1.43. The minimum Gasteiger partial charge on any atom is -0.336 e. The zero-order valence-electron chi connectivity index (χ0n) is 11.7. The molecule has 1 aliphatic heterocycles. The van der Waals surface area contributed by atoms with Crippen molar-refractivity contribution in [2.75, 3.05) is 18.4 Å². The summed E-state index contributed by atoms with van der Waals surface area (Å²) in [5, 5.41) is 4.77. The first-order valence-electron chi connectivity index (χ1n) is 6.84. The maximum Gasteiger partial charge on any atom is 0.263 e. The number of aryl methyl sites for hydroxylation is 1. The summed E-state index contributed by atoms with van der Waals surface area (Å²) in [7, 11) is 0. The van der Waals surface area contributed by atoms with Gasteiger partial charge in [0.25, 0.3) is 5.91 Å². The molecule has 21 heavy (non-hydrogen) atoms. The van der Waals surface area contributed by atoms with E-state index < -0.39 is 0 Å². The molecule has 0 atom stereocenters. The number of benzene rings is 1. The van der Waals surface area contributed by atoms with Gasteiger partial charge in [-0.1, -0.05) is 23.8 Å². The van der Waals surface area contributed by atoms with Crippen molar-refractivity contribution in [1.29, 1.82) is 0 Å². The lowest BCUT2D eigenvalue weighted by molar-refractivity contribution is -0.123. The second-order valence-electron chi connectivity index (χ2n) is 5.24. The van der Waals surface area contributed by atoms with Gasteiger partial charge in [-0.05, 0) is 30.5 Å². The van der Waals surface area contributed by atoms with Crippen LogP contribution in [0.5, 0.6) is 0 Å². The molecule has 0 aliphatic carbocycles. The normalized spacial score (nSPS) is 14.6. The Hall–Kier alpha value is -2.14. The van der Waals surface area contributed by atoms with E-state index in [1.807, 2.05) is 48.7 Å². The highest BCUT2D eigenvalue weighted by molar-refractivity contribution is 7.12. The number of carbonyl (C=O) groups is 2. The van der Waals surface area contributed by atoms with E-state index in [-0.39, 0.29) is 17.7 Å². The van der Waals surface area contributed by atoms with E-state index in [1.165, 1.54) is 11.3 Å². The fraction of sp³-hybridized carbons (Fsp3) is 0.250. The van der Waals surface area contributed by atoms with Crippen LogP contribution in [0.15, 0.2) is 41.8 Å². The molecular weight excluding hydrogens is 284 g/mol. The second kappa shape index (κ2) is 5.69. The molecule has 1 N–H and O–H groups in total. The highest BCUT2D eigenvalue weighted by atomic mass is 32.1. The van der Waals surface area contributed by atoms with Crippen LogP contribution in [0.1, 0.15) is 15.2 Å². The topological polar surface area (TPSA) is 49.4 Å². The quantitative estimate of drug-likeness (QED) is 0.947. The predicted octanol–water partition coefficient (Wildman–Crippen LogP) is 2.77. The van der Waals surface area contributed by atoms with Gasteiger partial charge in [0.05, 0.1) is 10.8 Å². The van der Waals surface area contributed by atoms with Gasteiger partial charge in [0, 0.05) is 18.8 Å². The van der Waals surface area contributed by atoms with E-state index in [4.69, 9.17) is 0 Å². The molecule has 5 heteroatoms. The highest BCUT2D eigenvalue weighted by Crippen LogP contribution is 2.22. The predicted molar refractivity (Wildman–Crippen MR) is 83.5 cm³/mol. The van der Waals surface area contributed by atoms with Crippen LogP contribution in [0, 0.1) is 12.8 Å². The number of likely N-dealkylation sites (tertiary alicyclic amines) is 1. The Bertz CT molecular complexity index is 643. The minimum atomic E-state index is -0.116. The third-order valence-corrected chi connectivity index (χ3v) is 4.45. The number of nitrogens with zero attached hydrogens (tertiary/aromatic N) is 1. The zero-order valence-corrected chi connectivity index (χ0v) is 12.5. The van der Waals surface area contributed by atoms with Gasteiger partial charge in [0.1, 0.15) is 0 Å². The SMILES string of the molecule is Cc1ccc(NC(=O)C2CN(C(=O)c3cccs3)C2)cc1. The first-order valence-corrected chi connectivity index (χ1v) is 7.72. The summed E-state index contributed by atoms with van der Waals surface area (Å²) < 4.78 is 0. The van der Waals surface area contributed by atoms with Gasteiger partial charge >= 0.3 is 0 Å². The van der Waals surface area contributed by atoms with Gasteiger partial charge in [-0.2, -0.15) is 0 Å². The summed E-state index contributed by atoms with van der Waals surface area (Å²) in [6, 6.07) is 11.4. The lowest BCUT2D eigenvalue weighted by Gasteiger charge is -2.37. The summed E-state index contributed by atoms with van der Waals surface area (Å²) in [4.78, 5) is 26.6. The Kier molecular flexibility index (Phi) is 3.75. The lowest BCUT2D eigenvalue weighted by Crippen LogP contribution is -2.54. The number of anilines is 1. The van der Waals surface area contributed by atoms with E-state index in [9.17, 15) is 9.59 Å². The van der Waals surface area contributed by atoms with Crippen molar-refractivity contribution in [1.82, 2.24) is 4.90 Å². The number of amides is 2. The monoisotopic (exact) mass is 300 g/mol. The molecule has 1 fully saturated rings. The Labute approximate surface area is 127 Å². The van der Waals surface area contributed by atoms with Gasteiger partial charge in [-0.15, -0.1) is 11.3 Å². The van der Waals surface area contributed by atoms with Crippen molar-refractivity contribution < 1.29 is 9.59 Å². The average Bonchev–Trinajstić information content (AvgIpc) is 2.93. The van der Waals surface area contributed by atoms with Gasteiger partial charge in [0.2, 0.25) is 5.91 Å². The maximum absolute atomic E-state index is 12.1. The van der Waals surface area contributed by atoms with Crippen molar-refractivity contribution in [2.45, 2.75) is 6.92 Å². The molecule has 2 heterocycles. The molecule has 1 aromatic carbocycles. The Balaban J connectivity index is 1.53. The van der Waals surface area contributed by atoms with E-state index in [0.717, 1.165) is 16.1 Å².